The van der Waals surface area contributed by atoms with Gasteiger partial charge in [0.05, 0.1) is 17.1 Å². The number of hydrogen-bond acceptors (Lipinski definition) is 3. The number of nitrogens with one attached hydrogen (secondary N) is 1. The fraction of sp³-hybridized carbons (Fsp3) is 0.188. The maximum absolute atomic E-state index is 12.0. The van der Waals surface area contributed by atoms with Crippen LogP contribution in [0.2, 0.25) is 5.02 Å². The molecule has 0 heterocycles. The van der Waals surface area contributed by atoms with E-state index >= 15 is 0 Å². The van der Waals surface area contributed by atoms with Crippen LogP contribution in [0.5, 0.6) is 0 Å². The van der Waals surface area contributed by atoms with Crippen LogP contribution in [0.15, 0.2) is 42.5 Å². The van der Waals surface area contributed by atoms with Crippen molar-refractivity contribution in [2.24, 2.45) is 0 Å². The van der Waals surface area contributed by atoms with Gasteiger partial charge in [-0.05, 0) is 29.8 Å². The molecule has 3 N–H and O–H groups in total. The molecule has 0 atom stereocenters. The Kier molecular flexibility index (Phi) is 4.70. The fourth-order valence-corrected chi connectivity index (χ4v) is 2.37. The first kappa shape index (κ1) is 15.2. The van der Waals surface area contributed by atoms with E-state index in [0.29, 0.717) is 16.4 Å². The van der Waals surface area contributed by atoms with E-state index in [1.807, 2.05) is 49.3 Å². The van der Waals surface area contributed by atoms with Gasteiger partial charge in [0, 0.05) is 25.5 Å². The highest BCUT2D eigenvalue weighted by atomic mass is 35.5. The molecule has 110 valence electrons. The third kappa shape index (κ3) is 3.89. The van der Waals surface area contributed by atoms with E-state index in [-0.39, 0.29) is 12.3 Å². The van der Waals surface area contributed by atoms with Crippen LogP contribution in [0, 0.1) is 0 Å². The number of rotatable bonds is 4. The van der Waals surface area contributed by atoms with E-state index < -0.39 is 0 Å². The van der Waals surface area contributed by atoms with Crippen LogP contribution in [0.3, 0.4) is 0 Å². The van der Waals surface area contributed by atoms with Gasteiger partial charge in [-0.3, -0.25) is 4.79 Å². The Balaban J connectivity index is 2.06. The lowest BCUT2D eigenvalue weighted by molar-refractivity contribution is -0.115. The molecular weight excluding hydrogens is 286 g/mol. The smallest absolute Gasteiger partial charge is 0.228 e. The van der Waals surface area contributed by atoms with Gasteiger partial charge in [-0.25, -0.2) is 0 Å². The number of anilines is 3. The molecule has 0 aliphatic carbocycles. The second kappa shape index (κ2) is 6.50. The van der Waals surface area contributed by atoms with E-state index in [2.05, 4.69) is 5.32 Å². The summed E-state index contributed by atoms with van der Waals surface area (Å²) in [5.74, 6) is -0.124. The van der Waals surface area contributed by atoms with Crippen LogP contribution in [-0.4, -0.2) is 20.0 Å². The number of nitrogen functional groups attached to an aromatic ring is 1. The summed E-state index contributed by atoms with van der Waals surface area (Å²) in [5.41, 5.74) is 8.84. The van der Waals surface area contributed by atoms with Crippen molar-refractivity contribution in [3.05, 3.63) is 53.1 Å². The zero-order valence-electron chi connectivity index (χ0n) is 12.1. The van der Waals surface area contributed by atoms with Gasteiger partial charge in [0.25, 0.3) is 0 Å². The summed E-state index contributed by atoms with van der Waals surface area (Å²) in [6, 6.07) is 12.8. The van der Waals surface area contributed by atoms with Gasteiger partial charge in [0.2, 0.25) is 5.91 Å². The number of hydrogen-bond donors (Lipinski definition) is 2. The number of amides is 1. The lowest BCUT2D eigenvalue weighted by Crippen LogP contribution is -2.15. The molecule has 0 saturated carbocycles. The Morgan fingerprint density at radius 2 is 1.95 bits per heavy atom. The molecule has 2 aromatic rings. The van der Waals surface area contributed by atoms with Crippen LogP contribution in [0.25, 0.3) is 0 Å². The Morgan fingerprint density at radius 3 is 2.57 bits per heavy atom. The second-order valence-electron chi connectivity index (χ2n) is 4.98. The first-order valence-corrected chi connectivity index (χ1v) is 6.95. The summed E-state index contributed by atoms with van der Waals surface area (Å²) in [4.78, 5) is 14.0. The van der Waals surface area contributed by atoms with Crippen molar-refractivity contribution in [1.82, 2.24) is 0 Å². The van der Waals surface area contributed by atoms with Gasteiger partial charge in [-0.15, -0.1) is 0 Å². The van der Waals surface area contributed by atoms with Gasteiger partial charge in [0.1, 0.15) is 0 Å². The molecule has 1 amide bonds. The minimum Gasteiger partial charge on any atom is -0.398 e. The number of para-hydroxylation sites is 1. The van der Waals surface area contributed by atoms with Crippen molar-refractivity contribution in [3.63, 3.8) is 0 Å². The predicted molar refractivity (Wildman–Crippen MR) is 89.0 cm³/mol. The van der Waals surface area contributed by atoms with Gasteiger partial charge < -0.3 is 16.0 Å². The summed E-state index contributed by atoms with van der Waals surface area (Å²) in [6.45, 7) is 0. The Morgan fingerprint density at radius 1 is 1.24 bits per heavy atom. The molecule has 0 unspecified atom stereocenters. The Labute approximate surface area is 129 Å². The van der Waals surface area contributed by atoms with Crippen molar-refractivity contribution in [2.75, 3.05) is 30.0 Å². The third-order valence-electron chi connectivity index (χ3n) is 3.12. The molecule has 0 aromatic heterocycles. The molecule has 0 fully saturated rings. The minimum atomic E-state index is -0.124. The quantitative estimate of drug-likeness (QED) is 0.853. The molecule has 0 radical (unpaired) electrons. The lowest BCUT2D eigenvalue weighted by atomic mass is 10.1. The minimum absolute atomic E-state index is 0.124. The summed E-state index contributed by atoms with van der Waals surface area (Å²) < 4.78 is 0. The normalized spacial score (nSPS) is 10.2. The molecule has 2 aromatic carbocycles. The number of carbonyl (C=O) groups excluding carboxylic acids is 1. The van der Waals surface area contributed by atoms with Gasteiger partial charge in [-0.1, -0.05) is 29.8 Å². The van der Waals surface area contributed by atoms with Crippen molar-refractivity contribution in [3.8, 4) is 0 Å². The summed E-state index contributed by atoms with van der Waals surface area (Å²) in [7, 11) is 3.83. The molecule has 21 heavy (non-hydrogen) atoms. The van der Waals surface area contributed by atoms with E-state index in [9.17, 15) is 4.79 Å². The highest BCUT2D eigenvalue weighted by Gasteiger charge is 2.08. The maximum Gasteiger partial charge on any atom is 0.228 e. The van der Waals surface area contributed by atoms with Crippen molar-refractivity contribution in [2.45, 2.75) is 6.42 Å². The average molecular weight is 304 g/mol. The van der Waals surface area contributed by atoms with Gasteiger partial charge >= 0.3 is 0 Å². The number of benzene rings is 2. The number of nitrogens with two attached hydrogens (primary N) is 1. The fourth-order valence-electron chi connectivity index (χ4n) is 2.02. The molecule has 5 heteroatoms. The standard InChI is InChI=1S/C16H18ClN3O/c1-20(2)15-8-7-12(10-13(15)17)19-16(21)9-11-5-3-4-6-14(11)18/h3-8,10H,9,18H2,1-2H3,(H,19,21). The predicted octanol–water partition coefficient (Wildman–Crippen LogP) is 3.17. The van der Waals surface area contributed by atoms with E-state index in [1.165, 1.54) is 0 Å². The SMILES string of the molecule is CN(C)c1ccc(NC(=O)Cc2ccccc2N)cc1Cl. The molecule has 0 bridgehead atoms. The number of carbonyl (C=O) groups is 1. The molecule has 4 nitrogen and oxygen atoms in total. The summed E-state index contributed by atoms with van der Waals surface area (Å²) >= 11 is 6.18. The Bertz CT molecular complexity index is 656. The number of halogens is 1. The van der Waals surface area contributed by atoms with Crippen molar-refractivity contribution >= 4 is 34.6 Å². The average Bonchev–Trinajstić information content (AvgIpc) is 2.41. The third-order valence-corrected chi connectivity index (χ3v) is 3.42. The summed E-state index contributed by atoms with van der Waals surface area (Å²) in [6.07, 6.45) is 0.236. The molecule has 0 saturated heterocycles. The van der Waals surface area contributed by atoms with Gasteiger partial charge in [-0.2, -0.15) is 0 Å². The Hall–Kier alpha value is -2.20. The highest BCUT2D eigenvalue weighted by Crippen LogP contribution is 2.27. The molecular formula is C16H18ClN3O. The van der Waals surface area contributed by atoms with Crippen LogP contribution < -0.4 is 16.0 Å². The highest BCUT2D eigenvalue weighted by molar-refractivity contribution is 6.33. The zero-order valence-corrected chi connectivity index (χ0v) is 12.8. The first-order chi connectivity index (χ1) is 9.97. The monoisotopic (exact) mass is 303 g/mol. The van der Waals surface area contributed by atoms with Gasteiger partial charge in [0.15, 0.2) is 0 Å². The van der Waals surface area contributed by atoms with E-state index in [1.54, 1.807) is 12.1 Å². The first-order valence-electron chi connectivity index (χ1n) is 6.57. The molecule has 2 rings (SSSR count). The molecule has 0 aliphatic heterocycles. The van der Waals surface area contributed by atoms with E-state index in [0.717, 1.165) is 11.3 Å². The lowest BCUT2D eigenvalue weighted by Gasteiger charge is -2.15. The van der Waals surface area contributed by atoms with E-state index in [4.69, 9.17) is 17.3 Å². The zero-order chi connectivity index (χ0) is 15.4. The van der Waals surface area contributed by atoms with Crippen molar-refractivity contribution in [1.29, 1.82) is 0 Å². The second-order valence-corrected chi connectivity index (χ2v) is 5.39. The largest absolute Gasteiger partial charge is 0.398 e. The van der Waals surface area contributed by atoms with Crippen LogP contribution >= 0.6 is 11.6 Å². The maximum atomic E-state index is 12.0. The summed E-state index contributed by atoms with van der Waals surface area (Å²) in [5, 5.41) is 3.42. The molecule has 0 aliphatic rings. The van der Waals surface area contributed by atoms with Crippen molar-refractivity contribution < 1.29 is 4.79 Å². The molecule has 0 spiro atoms. The van der Waals surface area contributed by atoms with Crippen LogP contribution in [0.4, 0.5) is 17.1 Å². The van der Waals surface area contributed by atoms with Crippen LogP contribution in [-0.2, 0) is 11.2 Å². The number of nitrogens with zero attached hydrogens (tertiary/aromatic N) is 1. The topological polar surface area (TPSA) is 58.4 Å². The van der Waals surface area contributed by atoms with Crippen LogP contribution in [0.1, 0.15) is 5.56 Å².